The Balaban J connectivity index is 1.85. The predicted molar refractivity (Wildman–Crippen MR) is 125 cm³/mol. The Morgan fingerprint density at radius 1 is 1.00 bits per heavy atom. The largest absolute Gasteiger partial charge is 0.484 e. The molecule has 2 aromatic carbocycles. The third-order valence-electron chi connectivity index (χ3n) is 5.19. The van der Waals surface area contributed by atoms with Gasteiger partial charge < -0.3 is 15.2 Å². The lowest BCUT2D eigenvalue weighted by molar-refractivity contribution is -0.151. The zero-order valence-corrected chi connectivity index (χ0v) is 19.8. The number of likely N-dealkylation sites (tertiary alicyclic amines) is 1. The first-order chi connectivity index (χ1) is 16.5. The number of allylic oxidation sites excluding steroid dienone is 1. The number of aliphatic carboxylic acids is 1. The Labute approximate surface area is 202 Å². The SMILES string of the molecule is CC(C)=C(C(=O)O)N1C(=O)[C@@H](NC(=O)COc2ccccc2)[C@H]1S(=O)(=O)CC(=O)c1ccccc1. The van der Waals surface area contributed by atoms with E-state index in [1.54, 1.807) is 48.5 Å². The summed E-state index contributed by atoms with van der Waals surface area (Å²) in [5, 5.41) is 10.1. The molecule has 1 fully saturated rings. The Hall–Kier alpha value is -3.99. The molecular formula is C24H24N2O8S. The highest BCUT2D eigenvalue weighted by molar-refractivity contribution is 7.92. The van der Waals surface area contributed by atoms with E-state index < -0.39 is 62.9 Å². The summed E-state index contributed by atoms with van der Waals surface area (Å²) in [5.41, 5.74) is -0.204. The lowest BCUT2D eigenvalue weighted by Gasteiger charge is -2.46. The summed E-state index contributed by atoms with van der Waals surface area (Å²) in [6.07, 6.45) is 0. The molecule has 0 saturated carbocycles. The average molecular weight is 501 g/mol. The van der Waals surface area contributed by atoms with E-state index in [-0.39, 0.29) is 11.1 Å². The van der Waals surface area contributed by atoms with Crippen molar-refractivity contribution in [1.29, 1.82) is 0 Å². The average Bonchev–Trinajstić information content (AvgIpc) is 2.81. The van der Waals surface area contributed by atoms with Crippen LogP contribution in [0.1, 0.15) is 24.2 Å². The second-order valence-corrected chi connectivity index (χ2v) is 10.1. The Bertz CT molecular complexity index is 1270. The van der Waals surface area contributed by atoms with E-state index in [1.807, 2.05) is 0 Å². The van der Waals surface area contributed by atoms with Gasteiger partial charge in [0.05, 0.1) is 0 Å². The normalized spacial score (nSPS) is 17.2. The van der Waals surface area contributed by atoms with Crippen LogP contribution in [-0.4, -0.2) is 65.8 Å². The van der Waals surface area contributed by atoms with Crippen LogP contribution in [0.3, 0.4) is 0 Å². The molecule has 2 atom stereocenters. The van der Waals surface area contributed by atoms with Crippen LogP contribution in [0.5, 0.6) is 5.75 Å². The molecule has 2 aromatic rings. The third-order valence-corrected chi connectivity index (χ3v) is 7.07. The quantitative estimate of drug-likeness (QED) is 0.283. The Morgan fingerprint density at radius 3 is 2.11 bits per heavy atom. The summed E-state index contributed by atoms with van der Waals surface area (Å²) >= 11 is 0. The van der Waals surface area contributed by atoms with Gasteiger partial charge in [-0.25, -0.2) is 13.2 Å². The number of amides is 2. The minimum Gasteiger partial charge on any atom is -0.484 e. The van der Waals surface area contributed by atoms with Crippen molar-refractivity contribution in [2.45, 2.75) is 25.3 Å². The van der Waals surface area contributed by atoms with Crippen LogP contribution >= 0.6 is 0 Å². The highest BCUT2D eigenvalue weighted by Crippen LogP contribution is 2.32. The number of hydrogen-bond acceptors (Lipinski definition) is 7. The van der Waals surface area contributed by atoms with Gasteiger partial charge in [-0.1, -0.05) is 48.5 Å². The molecule has 0 aliphatic carbocycles. The van der Waals surface area contributed by atoms with Crippen LogP contribution in [0.4, 0.5) is 0 Å². The number of ketones is 1. The summed E-state index contributed by atoms with van der Waals surface area (Å²) < 4.78 is 31.8. The van der Waals surface area contributed by atoms with E-state index in [4.69, 9.17) is 4.74 Å². The van der Waals surface area contributed by atoms with Crippen molar-refractivity contribution in [2.75, 3.05) is 12.4 Å². The fourth-order valence-corrected chi connectivity index (χ4v) is 5.45. The number of sulfone groups is 1. The van der Waals surface area contributed by atoms with E-state index in [0.717, 1.165) is 0 Å². The van der Waals surface area contributed by atoms with Gasteiger partial charge in [0.1, 0.15) is 23.2 Å². The van der Waals surface area contributed by atoms with Crippen molar-refractivity contribution >= 4 is 33.4 Å². The van der Waals surface area contributed by atoms with Gasteiger partial charge in [-0.2, -0.15) is 0 Å². The van der Waals surface area contributed by atoms with E-state index in [2.05, 4.69) is 5.32 Å². The molecule has 35 heavy (non-hydrogen) atoms. The van der Waals surface area contributed by atoms with Crippen molar-refractivity contribution in [1.82, 2.24) is 10.2 Å². The molecule has 0 unspecified atom stereocenters. The van der Waals surface area contributed by atoms with Crippen molar-refractivity contribution in [3.05, 3.63) is 77.5 Å². The van der Waals surface area contributed by atoms with Crippen molar-refractivity contribution in [3.63, 3.8) is 0 Å². The van der Waals surface area contributed by atoms with E-state index in [1.165, 1.54) is 26.0 Å². The number of Topliss-reactive ketones (excluding diaryl/α,β-unsaturated/α-hetero) is 1. The van der Waals surface area contributed by atoms with Crippen molar-refractivity contribution in [2.24, 2.45) is 0 Å². The molecule has 0 spiro atoms. The first kappa shape index (κ1) is 25.6. The second kappa shape index (κ2) is 10.5. The zero-order chi connectivity index (χ0) is 25.8. The lowest BCUT2D eigenvalue weighted by Crippen LogP contribution is -2.73. The maximum atomic E-state index is 13.3. The maximum absolute atomic E-state index is 13.3. The first-order valence-electron chi connectivity index (χ1n) is 10.5. The number of nitrogens with zero attached hydrogens (tertiary/aromatic N) is 1. The molecule has 1 saturated heterocycles. The van der Waals surface area contributed by atoms with Crippen LogP contribution in [0.15, 0.2) is 71.9 Å². The molecule has 0 bridgehead atoms. The van der Waals surface area contributed by atoms with E-state index in [0.29, 0.717) is 10.6 Å². The topological polar surface area (TPSA) is 147 Å². The summed E-state index contributed by atoms with van der Waals surface area (Å²) in [6.45, 7) is 2.32. The molecule has 1 heterocycles. The van der Waals surface area contributed by atoms with Crippen molar-refractivity contribution in [3.8, 4) is 5.75 Å². The smallest absolute Gasteiger partial charge is 0.352 e. The number of nitrogens with one attached hydrogen (secondary N) is 1. The minimum absolute atomic E-state index is 0.144. The molecule has 10 nitrogen and oxygen atoms in total. The van der Waals surface area contributed by atoms with Gasteiger partial charge in [0.15, 0.2) is 27.6 Å². The number of benzene rings is 2. The number of carboxylic acids is 1. The fourth-order valence-electron chi connectivity index (χ4n) is 3.62. The molecule has 0 radical (unpaired) electrons. The van der Waals surface area contributed by atoms with Crippen molar-refractivity contribution < 1.29 is 37.4 Å². The van der Waals surface area contributed by atoms with Gasteiger partial charge >= 0.3 is 5.97 Å². The molecule has 2 amide bonds. The van der Waals surface area contributed by atoms with Gasteiger partial charge in [-0.3, -0.25) is 19.3 Å². The number of ether oxygens (including phenoxy) is 1. The number of carboxylic acid groups (broad SMARTS) is 1. The third kappa shape index (κ3) is 5.75. The number of β-lactam (4-membered cyclic amide) rings is 1. The van der Waals surface area contributed by atoms with Gasteiger partial charge in [0.25, 0.3) is 11.8 Å². The zero-order valence-electron chi connectivity index (χ0n) is 19.0. The molecule has 11 heteroatoms. The summed E-state index contributed by atoms with van der Waals surface area (Å²) in [4.78, 5) is 50.3. The maximum Gasteiger partial charge on any atom is 0.352 e. The molecular weight excluding hydrogens is 476 g/mol. The van der Waals surface area contributed by atoms with Crippen LogP contribution in [0.2, 0.25) is 0 Å². The van der Waals surface area contributed by atoms with Gasteiger partial charge in [-0.15, -0.1) is 0 Å². The number of para-hydroxylation sites is 1. The van der Waals surface area contributed by atoms with Crippen LogP contribution < -0.4 is 10.1 Å². The standard InChI is InChI=1S/C24H24N2O8S/c1-15(2)21(24(30)31)26-22(29)20(25-19(28)13-34-17-11-7-4-8-12-17)23(26)35(32,33)14-18(27)16-9-5-3-6-10-16/h3-12,20,23H,13-14H2,1-2H3,(H,25,28)(H,30,31)/t20-,23-/m1/s1. The monoisotopic (exact) mass is 500 g/mol. The Morgan fingerprint density at radius 2 is 1.57 bits per heavy atom. The molecule has 0 aromatic heterocycles. The minimum atomic E-state index is -4.42. The van der Waals surface area contributed by atoms with E-state index >= 15 is 0 Å². The highest BCUT2D eigenvalue weighted by atomic mass is 32.2. The molecule has 1 aliphatic heterocycles. The Kier molecular flexibility index (Phi) is 7.70. The van der Waals surface area contributed by atoms with Gasteiger partial charge in [0.2, 0.25) is 0 Å². The highest BCUT2D eigenvalue weighted by Gasteiger charge is 2.58. The number of hydrogen-bond donors (Lipinski definition) is 2. The molecule has 1 aliphatic rings. The molecule has 2 N–H and O–H groups in total. The number of carbonyl (C=O) groups excluding carboxylic acids is 3. The predicted octanol–water partition coefficient (Wildman–Crippen LogP) is 1.39. The fraction of sp³-hybridized carbons (Fsp3) is 0.250. The lowest BCUT2D eigenvalue weighted by atomic mass is 10.0. The summed E-state index contributed by atoms with van der Waals surface area (Å²) in [7, 11) is -4.42. The summed E-state index contributed by atoms with van der Waals surface area (Å²) in [5.74, 6) is -4.53. The van der Waals surface area contributed by atoms with E-state index in [9.17, 15) is 32.7 Å². The van der Waals surface area contributed by atoms with Crippen LogP contribution in [0.25, 0.3) is 0 Å². The second-order valence-electron chi connectivity index (χ2n) is 8.00. The summed E-state index contributed by atoms with van der Waals surface area (Å²) in [6, 6.07) is 14.5. The molecule has 3 rings (SSSR count). The van der Waals surface area contributed by atoms with Gasteiger partial charge in [-0.05, 0) is 31.6 Å². The van der Waals surface area contributed by atoms with Gasteiger partial charge in [0, 0.05) is 5.56 Å². The molecule has 184 valence electrons. The first-order valence-corrected chi connectivity index (χ1v) is 12.3. The number of carbonyl (C=O) groups is 4. The number of rotatable bonds is 10. The van der Waals surface area contributed by atoms with Crippen LogP contribution in [0, 0.1) is 0 Å². The van der Waals surface area contributed by atoms with Crippen LogP contribution in [-0.2, 0) is 24.2 Å².